The Morgan fingerprint density at radius 1 is 1.39 bits per heavy atom. The van der Waals surface area contributed by atoms with Crippen LogP contribution in [0.25, 0.3) is 6.08 Å². The summed E-state index contributed by atoms with van der Waals surface area (Å²) in [6.45, 7) is 0.0324. The lowest BCUT2D eigenvalue weighted by atomic mass is 10.2. The zero-order valence-electron chi connectivity index (χ0n) is 12.2. The summed E-state index contributed by atoms with van der Waals surface area (Å²) in [5.74, 6) is -0.915. The molecule has 2 heterocycles. The molecule has 0 aliphatic heterocycles. The third-order valence-electron chi connectivity index (χ3n) is 2.78. The van der Waals surface area contributed by atoms with E-state index in [-0.39, 0.29) is 5.57 Å². The molecule has 0 fully saturated rings. The number of hydrogen-bond acceptors (Lipinski definition) is 6. The molecule has 7 heteroatoms. The van der Waals surface area contributed by atoms with Crippen LogP contribution in [0.3, 0.4) is 0 Å². The molecule has 2 aromatic heterocycles. The van der Waals surface area contributed by atoms with Gasteiger partial charge in [-0.05, 0) is 30.0 Å². The summed E-state index contributed by atoms with van der Waals surface area (Å²) in [7, 11) is 0. The van der Waals surface area contributed by atoms with E-state index in [1.54, 1.807) is 29.5 Å². The minimum absolute atomic E-state index is 0.230. The zero-order valence-corrected chi connectivity index (χ0v) is 13.0. The van der Waals surface area contributed by atoms with Crippen molar-refractivity contribution < 1.29 is 18.7 Å². The number of nitrogens with one attached hydrogen (secondary N) is 1. The Kier molecular flexibility index (Phi) is 6.15. The number of hydrogen-bond donors (Lipinski definition) is 1. The van der Waals surface area contributed by atoms with Gasteiger partial charge < -0.3 is 14.5 Å². The van der Waals surface area contributed by atoms with Crippen molar-refractivity contribution in [1.29, 1.82) is 5.26 Å². The van der Waals surface area contributed by atoms with Crippen molar-refractivity contribution in [3.8, 4) is 6.07 Å². The van der Waals surface area contributed by atoms with Gasteiger partial charge in [0.2, 0.25) is 0 Å². The molecule has 1 amide bonds. The normalized spacial score (nSPS) is 10.8. The number of nitriles is 1. The molecule has 0 spiro atoms. The maximum atomic E-state index is 11.7. The number of furan rings is 1. The molecule has 0 bridgehead atoms. The van der Waals surface area contributed by atoms with Crippen molar-refractivity contribution in [2.24, 2.45) is 0 Å². The largest absolute Gasteiger partial charge is 0.465 e. The van der Waals surface area contributed by atoms with Gasteiger partial charge in [0.15, 0.2) is 6.61 Å². The molecular weight excluding hydrogens is 316 g/mol. The van der Waals surface area contributed by atoms with E-state index in [4.69, 9.17) is 14.4 Å². The lowest BCUT2D eigenvalue weighted by Gasteiger charge is -2.05. The van der Waals surface area contributed by atoms with Gasteiger partial charge in [-0.25, -0.2) is 4.79 Å². The highest BCUT2D eigenvalue weighted by Crippen LogP contribution is 2.09. The highest BCUT2D eigenvalue weighted by Gasteiger charge is 2.13. The fourth-order valence-electron chi connectivity index (χ4n) is 1.69. The molecule has 0 saturated carbocycles. The summed E-state index contributed by atoms with van der Waals surface area (Å²) < 4.78 is 9.83. The number of ether oxygens (including phenoxy) is 1. The number of thiophene rings is 1. The minimum atomic E-state index is -0.864. The lowest BCUT2D eigenvalue weighted by Crippen LogP contribution is -2.30. The molecule has 2 rings (SSSR count). The van der Waals surface area contributed by atoms with E-state index < -0.39 is 18.5 Å². The Balaban J connectivity index is 1.74. The van der Waals surface area contributed by atoms with Gasteiger partial charge in [0, 0.05) is 17.5 Å². The molecule has 0 radical (unpaired) electrons. The molecule has 6 nitrogen and oxygen atoms in total. The van der Waals surface area contributed by atoms with Crippen LogP contribution in [0.15, 0.2) is 45.9 Å². The van der Waals surface area contributed by atoms with Crippen molar-refractivity contribution >= 4 is 29.3 Å². The van der Waals surface area contributed by atoms with E-state index >= 15 is 0 Å². The maximum Gasteiger partial charge on any atom is 0.349 e. The monoisotopic (exact) mass is 330 g/mol. The fourth-order valence-corrected chi connectivity index (χ4v) is 2.40. The molecule has 0 unspecified atom stereocenters. The number of carbonyl (C=O) groups is 2. The molecule has 0 aliphatic carbocycles. The highest BCUT2D eigenvalue weighted by molar-refractivity contribution is 7.09. The predicted octanol–water partition coefficient (Wildman–Crippen LogP) is 2.15. The standard InChI is InChI=1S/C16H14N2O4S/c17-10-12(9-13-3-1-7-21-13)16(20)22-11-15(19)18-6-5-14-4-2-8-23-14/h1-4,7-9H,5-6,11H2,(H,18,19)/b12-9+. The van der Waals surface area contributed by atoms with Crippen LogP contribution in [0, 0.1) is 11.3 Å². The predicted molar refractivity (Wildman–Crippen MR) is 84.3 cm³/mol. The number of carbonyl (C=O) groups excluding carboxylic acids is 2. The van der Waals surface area contributed by atoms with Crippen LogP contribution in [-0.2, 0) is 20.7 Å². The first-order chi connectivity index (χ1) is 11.2. The Morgan fingerprint density at radius 2 is 2.26 bits per heavy atom. The summed E-state index contributed by atoms with van der Waals surface area (Å²) >= 11 is 1.61. The molecule has 118 valence electrons. The van der Waals surface area contributed by atoms with Crippen molar-refractivity contribution in [3.63, 3.8) is 0 Å². The second-order valence-corrected chi connectivity index (χ2v) is 5.47. The van der Waals surface area contributed by atoms with Crippen LogP contribution in [0.5, 0.6) is 0 Å². The number of rotatable bonds is 7. The fraction of sp³-hybridized carbons (Fsp3) is 0.188. The van der Waals surface area contributed by atoms with Gasteiger partial charge in [-0.1, -0.05) is 6.07 Å². The van der Waals surface area contributed by atoms with Gasteiger partial charge in [0.05, 0.1) is 6.26 Å². The van der Waals surface area contributed by atoms with E-state index in [2.05, 4.69) is 5.32 Å². The van der Waals surface area contributed by atoms with Crippen molar-refractivity contribution in [2.45, 2.75) is 6.42 Å². The quantitative estimate of drug-likeness (QED) is 0.477. The minimum Gasteiger partial charge on any atom is -0.465 e. The van der Waals surface area contributed by atoms with Gasteiger partial charge in [0.1, 0.15) is 17.4 Å². The third kappa shape index (κ3) is 5.45. The molecule has 0 saturated heterocycles. The van der Waals surface area contributed by atoms with Crippen LogP contribution < -0.4 is 5.32 Å². The van der Waals surface area contributed by atoms with Gasteiger partial charge in [0.25, 0.3) is 5.91 Å². The summed E-state index contributed by atoms with van der Waals surface area (Å²) in [5.41, 5.74) is -0.230. The first-order valence-corrected chi connectivity index (χ1v) is 7.68. The van der Waals surface area contributed by atoms with E-state index in [9.17, 15) is 9.59 Å². The van der Waals surface area contributed by atoms with Crippen LogP contribution in [0.1, 0.15) is 10.6 Å². The van der Waals surface area contributed by atoms with Crippen molar-refractivity contribution in [2.75, 3.05) is 13.2 Å². The molecule has 2 aromatic rings. The summed E-state index contributed by atoms with van der Waals surface area (Å²) in [5, 5.41) is 13.6. The molecular formula is C16H14N2O4S. The smallest absolute Gasteiger partial charge is 0.349 e. The van der Waals surface area contributed by atoms with Crippen molar-refractivity contribution in [3.05, 3.63) is 52.1 Å². The van der Waals surface area contributed by atoms with Crippen LogP contribution >= 0.6 is 11.3 Å². The maximum absolute atomic E-state index is 11.7. The number of amides is 1. The first kappa shape index (κ1) is 16.5. The Labute approximate surface area is 137 Å². The average Bonchev–Trinajstić information content (AvgIpc) is 3.23. The SMILES string of the molecule is N#C/C(=C\c1ccco1)C(=O)OCC(=O)NCCc1cccs1. The Morgan fingerprint density at radius 3 is 2.91 bits per heavy atom. The second-order valence-electron chi connectivity index (χ2n) is 4.44. The highest BCUT2D eigenvalue weighted by atomic mass is 32.1. The third-order valence-corrected chi connectivity index (χ3v) is 3.71. The van der Waals surface area contributed by atoms with Crippen molar-refractivity contribution in [1.82, 2.24) is 5.32 Å². The average molecular weight is 330 g/mol. The summed E-state index contributed by atoms with van der Waals surface area (Å²) in [4.78, 5) is 24.5. The van der Waals surface area contributed by atoms with Crippen LogP contribution in [0.2, 0.25) is 0 Å². The number of nitrogens with zero attached hydrogens (tertiary/aromatic N) is 1. The second kappa shape index (κ2) is 8.56. The first-order valence-electron chi connectivity index (χ1n) is 6.80. The number of esters is 1. The Bertz CT molecular complexity index is 712. The molecule has 0 aromatic carbocycles. The van der Waals surface area contributed by atoms with Gasteiger partial charge in [-0.2, -0.15) is 5.26 Å². The van der Waals surface area contributed by atoms with Gasteiger partial charge in [-0.15, -0.1) is 11.3 Å². The molecule has 0 aliphatic rings. The molecule has 23 heavy (non-hydrogen) atoms. The van der Waals surface area contributed by atoms with Gasteiger partial charge in [-0.3, -0.25) is 4.79 Å². The summed E-state index contributed by atoms with van der Waals surface area (Å²) in [6, 6.07) is 8.88. The molecule has 0 atom stereocenters. The van der Waals surface area contributed by atoms with E-state index in [0.717, 1.165) is 11.3 Å². The molecule has 1 N–H and O–H groups in total. The van der Waals surface area contributed by atoms with E-state index in [1.165, 1.54) is 12.3 Å². The Hall–Kier alpha value is -2.85. The summed E-state index contributed by atoms with van der Waals surface area (Å²) in [6.07, 6.45) is 3.41. The van der Waals surface area contributed by atoms with Crippen LogP contribution in [0.4, 0.5) is 0 Å². The van der Waals surface area contributed by atoms with Gasteiger partial charge >= 0.3 is 5.97 Å². The lowest BCUT2D eigenvalue weighted by molar-refractivity contribution is -0.144. The topological polar surface area (TPSA) is 92.3 Å². The van der Waals surface area contributed by atoms with Crippen LogP contribution in [-0.4, -0.2) is 25.0 Å². The van der Waals surface area contributed by atoms with E-state index in [0.29, 0.717) is 12.3 Å². The van der Waals surface area contributed by atoms with E-state index in [1.807, 2.05) is 17.5 Å². The zero-order chi connectivity index (χ0) is 16.5.